The smallest absolute Gasteiger partial charge is 0.176 e. The Hall–Kier alpha value is -2.69. The molecule has 1 aliphatic heterocycles. The monoisotopic (exact) mass is 448 g/mol. The quantitative estimate of drug-likeness (QED) is 0.478. The lowest BCUT2D eigenvalue weighted by Crippen LogP contribution is -2.30. The molecule has 33 heavy (non-hydrogen) atoms. The average molecular weight is 449 g/mol. The van der Waals surface area contributed by atoms with Crippen molar-refractivity contribution in [2.24, 2.45) is 17.3 Å². The normalized spacial score (nSPS) is 18.1. The highest BCUT2D eigenvalue weighted by atomic mass is 16.5. The minimum Gasteiger partial charge on any atom is -0.488 e. The van der Waals surface area contributed by atoms with Gasteiger partial charge in [0, 0.05) is 34.8 Å². The summed E-state index contributed by atoms with van der Waals surface area (Å²) < 4.78 is 5.93. The maximum Gasteiger partial charge on any atom is 0.176 e. The molecule has 0 radical (unpaired) electrons. The summed E-state index contributed by atoms with van der Waals surface area (Å²) in [5.74, 6) is 1.80. The summed E-state index contributed by atoms with van der Waals surface area (Å²) in [5.41, 5.74) is 3.83. The van der Waals surface area contributed by atoms with E-state index in [1.807, 2.05) is 32.0 Å². The van der Waals surface area contributed by atoms with Crippen LogP contribution < -0.4 is 9.64 Å². The first-order valence-electron chi connectivity index (χ1n) is 12.3. The van der Waals surface area contributed by atoms with E-state index in [9.17, 15) is 9.59 Å². The number of carbonyl (C=O) groups is 2. The van der Waals surface area contributed by atoms with Gasteiger partial charge in [-0.1, -0.05) is 34.6 Å². The standard InChI is InChI=1S/C28H36N2O3/c1-6-19-15-22(7-8-23(19)25(31)18(2)3)30-13-14-33-24-16-21(17-29-27(24)30)26(32)20-9-11-28(4,5)12-10-20/h7-8,15-18,20H,6,9-14H2,1-5H3. The molecule has 0 atom stereocenters. The Balaban J connectivity index is 1.59. The van der Waals surface area contributed by atoms with E-state index in [-0.39, 0.29) is 23.4 Å². The molecule has 1 fully saturated rings. The van der Waals surface area contributed by atoms with E-state index in [1.54, 1.807) is 6.20 Å². The largest absolute Gasteiger partial charge is 0.488 e. The molecule has 0 amide bonds. The van der Waals surface area contributed by atoms with Crippen molar-refractivity contribution in [2.75, 3.05) is 18.1 Å². The summed E-state index contributed by atoms with van der Waals surface area (Å²) in [7, 11) is 0. The van der Waals surface area contributed by atoms with E-state index in [4.69, 9.17) is 4.74 Å². The van der Waals surface area contributed by atoms with Crippen molar-refractivity contribution in [3.05, 3.63) is 47.2 Å². The lowest BCUT2D eigenvalue weighted by atomic mass is 9.71. The number of hydrogen-bond acceptors (Lipinski definition) is 5. The molecule has 0 bridgehead atoms. The maximum absolute atomic E-state index is 13.1. The number of aryl methyl sites for hydroxylation is 1. The van der Waals surface area contributed by atoms with Gasteiger partial charge in [-0.15, -0.1) is 0 Å². The molecule has 0 N–H and O–H groups in total. The number of fused-ring (bicyclic) bond motifs is 1. The Morgan fingerprint density at radius 1 is 1.18 bits per heavy atom. The van der Waals surface area contributed by atoms with Crippen molar-refractivity contribution in [3.8, 4) is 5.75 Å². The van der Waals surface area contributed by atoms with E-state index in [0.717, 1.165) is 54.7 Å². The van der Waals surface area contributed by atoms with Gasteiger partial charge < -0.3 is 9.64 Å². The molecule has 2 heterocycles. The zero-order valence-corrected chi connectivity index (χ0v) is 20.6. The van der Waals surface area contributed by atoms with E-state index < -0.39 is 0 Å². The van der Waals surface area contributed by atoms with Gasteiger partial charge in [0.2, 0.25) is 0 Å². The first kappa shape index (κ1) is 23.5. The molecule has 2 aliphatic rings. The van der Waals surface area contributed by atoms with Crippen LogP contribution in [0, 0.1) is 17.3 Å². The van der Waals surface area contributed by atoms with Gasteiger partial charge in [0.1, 0.15) is 6.61 Å². The number of carbonyl (C=O) groups excluding carboxylic acids is 2. The van der Waals surface area contributed by atoms with Crippen molar-refractivity contribution < 1.29 is 14.3 Å². The van der Waals surface area contributed by atoms with Crippen molar-refractivity contribution >= 4 is 23.1 Å². The van der Waals surface area contributed by atoms with Crippen molar-refractivity contribution in [2.45, 2.75) is 66.7 Å². The third-order valence-electron chi connectivity index (χ3n) is 7.23. The molecule has 176 valence electrons. The minimum absolute atomic E-state index is 0.0295. The van der Waals surface area contributed by atoms with Gasteiger partial charge in [-0.25, -0.2) is 4.98 Å². The van der Waals surface area contributed by atoms with Crippen LogP contribution in [0.15, 0.2) is 30.5 Å². The number of nitrogens with zero attached hydrogens (tertiary/aromatic N) is 2. The number of anilines is 2. The number of ether oxygens (including phenoxy) is 1. The molecule has 0 spiro atoms. The van der Waals surface area contributed by atoms with Crippen LogP contribution in [0.3, 0.4) is 0 Å². The van der Waals surface area contributed by atoms with Crippen LogP contribution in [0.2, 0.25) is 0 Å². The molecule has 2 aromatic rings. The summed E-state index contributed by atoms with van der Waals surface area (Å²) in [4.78, 5) is 32.5. The SMILES string of the molecule is CCc1cc(N2CCOc3cc(C(=O)C4CCC(C)(C)CC4)cnc32)ccc1C(=O)C(C)C. The number of benzene rings is 1. The zero-order valence-electron chi connectivity index (χ0n) is 20.6. The van der Waals surface area contributed by atoms with Gasteiger partial charge in [-0.2, -0.15) is 0 Å². The number of hydrogen-bond donors (Lipinski definition) is 0. The molecular weight excluding hydrogens is 412 g/mol. The molecule has 4 rings (SSSR count). The van der Waals surface area contributed by atoms with Crippen LogP contribution in [0.1, 0.15) is 86.6 Å². The Labute approximate surface area is 197 Å². The predicted molar refractivity (Wildman–Crippen MR) is 132 cm³/mol. The van der Waals surface area contributed by atoms with Crippen LogP contribution >= 0.6 is 0 Å². The summed E-state index contributed by atoms with van der Waals surface area (Å²) in [6, 6.07) is 7.89. The fraction of sp³-hybridized carbons (Fsp3) is 0.536. The Morgan fingerprint density at radius 2 is 1.91 bits per heavy atom. The van der Waals surface area contributed by atoms with E-state index in [0.29, 0.717) is 29.9 Å². The molecule has 5 heteroatoms. The van der Waals surface area contributed by atoms with Crippen LogP contribution in [-0.2, 0) is 6.42 Å². The average Bonchev–Trinajstić information content (AvgIpc) is 2.82. The minimum atomic E-state index is -0.0295. The molecule has 1 aromatic heterocycles. The Kier molecular flexibility index (Phi) is 6.60. The lowest BCUT2D eigenvalue weighted by Gasteiger charge is -2.34. The summed E-state index contributed by atoms with van der Waals surface area (Å²) in [6.45, 7) is 11.7. The van der Waals surface area contributed by atoms with Crippen LogP contribution in [0.4, 0.5) is 11.5 Å². The number of aromatic nitrogens is 1. The number of pyridine rings is 1. The highest BCUT2D eigenvalue weighted by molar-refractivity contribution is 6.00. The third kappa shape index (κ3) is 4.83. The van der Waals surface area contributed by atoms with Crippen LogP contribution in [0.25, 0.3) is 0 Å². The predicted octanol–water partition coefficient (Wildman–Crippen LogP) is 6.41. The maximum atomic E-state index is 13.1. The molecule has 1 aliphatic carbocycles. The molecule has 5 nitrogen and oxygen atoms in total. The molecule has 0 unspecified atom stereocenters. The highest BCUT2D eigenvalue weighted by Crippen LogP contribution is 2.41. The summed E-state index contributed by atoms with van der Waals surface area (Å²) in [5, 5.41) is 0. The van der Waals surface area contributed by atoms with Gasteiger partial charge in [-0.3, -0.25) is 9.59 Å². The van der Waals surface area contributed by atoms with Gasteiger partial charge in [-0.05, 0) is 67.3 Å². The van der Waals surface area contributed by atoms with E-state index >= 15 is 0 Å². The Morgan fingerprint density at radius 3 is 2.58 bits per heavy atom. The van der Waals surface area contributed by atoms with Crippen molar-refractivity contribution in [3.63, 3.8) is 0 Å². The second-order valence-corrected chi connectivity index (χ2v) is 10.6. The van der Waals surface area contributed by atoms with Gasteiger partial charge in [0.25, 0.3) is 0 Å². The topological polar surface area (TPSA) is 59.5 Å². The number of ketones is 2. The van der Waals surface area contributed by atoms with Crippen LogP contribution in [0.5, 0.6) is 5.75 Å². The zero-order chi connectivity index (χ0) is 23.8. The van der Waals surface area contributed by atoms with Gasteiger partial charge in [0.15, 0.2) is 23.1 Å². The summed E-state index contributed by atoms with van der Waals surface area (Å²) in [6.07, 6.45) is 6.55. The molecular formula is C28H36N2O3. The second-order valence-electron chi connectivity index (χ2n) is 10.6. The number of Topliss-reactive ketones (excluding diaryl/α,β-unsaturated/α-hetero) is 2. The Bertz CT molecular complexity index is 1050. The molecule has 0 saturated heterocycles. The van der Waals surface area contributed by atoms with Crippen molar-refractivity contribution in [1.82, 2.24) is 4.98 Å². The highest BCUT2D eigenvalue weighted by Gasteiger charge is 2.32. The van der Waals surface area contributed by atoms with Gasteiger partial charge in [0.05, 0.1) is 6.54 Å². The first-order valence-corrected chi connectivity index (χ1v) is 12.3. The fourth-order valence-electron chi connectivity index (χ4n) is 4.97. The fourth-order valence-corrected chi connectivity index (χ4v) is 4.97. The summed E-state index contributed by atoms with van der Waals surface area (Å²) >= 11 is 0. The second kappa shape index (κ2) is 9.28. The van der Waals surface area contributed by atoms with Crippen LogP contribution in [-0.4, -0.2) is 29.7 Å². The third-order valence-corrected chi connectivity index (χ3v) is 7.23. The van der Waals surface area contributed by atoms with E-state index in [1.165, 1.54) is 0 Å². The van der Waals surface area contributed by atoms with Crippen molar-refractivity contribution in [1.29, 1.82) is 0 Å². The number of rotatable bonds is 6. The first-order chi connectivity index (χ1) is 15.7. The van der Waals surface area contributed by atoms with E-state index in [2.05, 4.69) is 36.7 Å². The van der Waals surface area contributed by atoms with Gasteiger partial charge >= 0.3 is 0 Å². The lowest BCUT2D eigenvalue weighted by molar-refractivity contribution is 0.0836. The molecule has 1 aromatic carbocycles. The molecule has 1 saturated carbocycles.